The molecular weight excluding hydrogens is 497 g/mol. The van der Waals surface area contributed by atoms with Crippen LogP contribution >= 0.6 is 0 Å². The molecular formula is C29H30FN7O2. The van der Waals surface area contributed by atoms with Crippen LogP contribution in [0.15, 0.2) is 55.1 Å². The molecule has 9 nitrogen and oxygen atoms in total. The number of piperazine rings is 1. The van der Waals surface area contributed by atoms with Crippen LogP contribution in [-0.2, 0) is 9.53 Å². The largest absolute Gasteiger partial charge is 0.369 e. The van der Waals surface area contributed by atoms with Crippen molar-refractivity contribution in [2.24, 2.45) is 0 Å². The minimum absolute atomic E-state index is 0.0708. The van der Waals surface area contributed by atoms with Crippen molar-refractivity contribution in [2.75, 3.05) is 25.1 Å². The summed E-state index contributed by atoms with van der Waals surface area (Å²) in [5.41, 5.74) is 1.08. The molecule has 0 unspecified atom stereocenters. The number of pyridine rings is 1. The highest BCUT2D eigenvalue weighted by atomic mass is 19.1. The molecule has 0 bridgehead atoms. The second-order valence-corrected chi connectivity index (χ2v) is 10.3. The quantitative estimate of drug-likeness (QED) is 0.381. The first-order valence-electron chi connectivity index (χ1n) is 12.8. The predicted molar refractivity (Wildman–Crippen MR) is 146 cm³/mol. The molecule has 2 atom stereocenters. The average molecular weight is 528 g/mol. The molecule has 0 N–H and O–H groups in total. The first kappa shape index (κ1) is 26.3. The highest BCUT2D eigenvalue weighted by Crippen LogP contribution is 2.39. The van der Waals surface area contributed by atoms with Crippen molar-refractivity contribution in [3.05, 3.63) is 66.5 Å². The van der Waals surface area contributed by atoms with Crippen LogP contribution in [0.25, 0.3) is 28.0 Å². The van der Waals surface area contributed by atoms with Crippen LogP contribution in [0.3, 0.4) is 0 Å². The van der Waals surface area contributed by atoms with Crippen LogP contribution < -0.4 is 4.90 Å². The first-order chi connectivity index (χ1) is 18.7. The van der Waals surface area contributed by atoms with E-state index >= 15 is 4.39 Å². The van der Waals surface area contributed by atoms with Crippen LogP contribution in [0.2, 0.25) is 0 Å². The molecule has 1 aromatic carbocycles. The summed E-state index contributed by atoms with van der Waals surface area (Å²) in [5, 5.41) is 10.1. The molecule has 1 aliphatic heterocycles. The molecule has 0 radical (unpaired) electrons. The molecule has 0 saturated carbocycles. The van der Waals surface area contributed by atoms with Crippen molar-refractivity contribution < 1.29 is 13.9 Å². The number of carbonyl (C=O) groups excluding carboxylic acids is 1. The lowest BCUT2D eigenvalue weighted by atomic mass is 10.0. The minimum Gasteiger partial charge on any atom is -0.369 e. The number of carbonyl (C=O) groups is 1. The number of ether oxygens (including phenoxy) is 1. The lowest BCUT2D eigenvalue weighted by Crippen LogP contribution is -2.62. The van der Waals surface area contributed by atoms with Gasteiger partial charge in [-0.15, -0.1) is 0 Å². The van der Waals surface area contributed by atoms with Gasteiger partial charge in [-0.3, -0.25) is 9.36 Å². The van der Waals surface area contributed by atoms with E-state index in [1.165, 1.54) is 19.5 Å². The summed E-state index contributed by atoms with van der Waals surface area (Å²) >= 11 is 0. The summed E-state index contributed by atoms with van der Waals surface area (Å²) < 4.78 is 22.4. The van der Waals surface area contributed by atoms with Crippen molar-refractivity contribution in [3.63, 3.8) is 0 Å². The molecule has 0 aliphatic carbocycles. The molecule has 1 aliphatic rings. The molecule has 3 aromatic heterocycles. The zero-order chi connectivity index (χ0) is 27.9. The van der Waals surface area contributed by atoms with Gasteiger partial charge >= 0.3 is 0 Å². The van der Waals surface area contributed by atoms with Crippen LogP contribution in [0.5, 0.6) is 0 Å². The highest BCUT2D eigenvalue weighted by molar-refractivity contribution is 6.02. The molecule has 10 heteroatoms. The summed E-state index contributed by atoms with van der Waals surface area (Å²) in [6, 6.07) is 11.8. The number of aromatic nitrogens is 4. The van der Waals surface area contributed by atoms with Gasteiger partial charge in [0, 0.05) is 55.8 Å². The third-order valence-corrected chi connectivity index (χ3v) is 7.39. The van der Waals surface area contributed by atoms with Crippen molar-refractivity contribution >= 4 is 22.8 Å². The van der Waals surface area contributed by atoms with Gasteiger partial charge in [-0.2, -0.15) is 5.26 Å². The van der Waals surface area contributed by atoms with Crippen LogP contribution in [0.4, 0.5) is 10.2 Å². The summed E-state index contributed by atoms with van der Waals surface area (Å²) in [6.07, 6.45) is 4.84. The van der Waals surface area contributed by atoms with Gasteiger partial charge in [0.05, 0.1) is 17.0 Å². The minimum atomic E-state index is -0.932. The number of hydrogen-bond acceptors (Lipinski definition) is 7. The number of methoxy groups -OCH3 is 1. The number of rotatable bonds is 5. The Morgan fingerprint density at radius 2 is 1.87 bits per heavy atom. The molecule has 4 heterocycles. The number of fused-ring (bicyclic) bond motifs is 1. The summed E-state index contributed by atoms with van der Waals surface area (Å²) in [4.78, 5) is 30.9. The second kappa shape index (κ2) is 10.1. The van der Waals surface area contributed by atoms with E-state index in [-0.39, 0.29) is 23.8 Å². The van der Waals surface area contributed by atoms with E-state index in [2.05, 4.69) is 25.9 Å². The Balaban J connectivity index is 1.66. The van der Waals surface area contributed by atoms with Crippen molar-refractivity contribution in [3.8, 4) is 23.0 Å². The molecule has 1 saturated heterocycles. The number of hydrogen-bond donors (Lipinski definition) is 0. The maximum atomic E-state index is 15.2. The predicted octanol–water partition coefficient (Wildman–Crippen LogP) is 4.34. The third-order valence-electron chi connectivity index (χ3n) is 7.39. The lowest BCUT2D eigenvalue weighted by Gasteiger charge is -2.46. The molecule has 1 fully saturated rings. The Bertz CT molecular complexity index is 1590. The molecule has 200 valence electrons. The summed E-state index contributed by atoms with van der Waals surface area (Å²) in [7, 11) is 1.54. The Kier molecular flexibility index (Phi) is 6.78. The van der Waals surface area contributed by atoms with Crippen molar-refractivity contribution in [1.29, 1.82) is 5.26 Å². The van der Waals surface area contributed by atoms with E-state index in [4.69, 9.17) is 4.74 Å². The van der Waals surface area contributed by atoms with Gasteiger partial charge in [-0.25, -0.2) is 19.3 Å². The normalized spacial score (nSPS) is 17.9. The van der Waals surface area contributed by atoms with Gasteiger partial charge in [0.25, 0.3) is 5.91 Å². The number of benzene rings is 1. The van der Waals surface area contributed by atoms with Crippen LogP contribution in [0, 0.1) is 17.1 Å². The fourth-order valence-corrected chi connectivity index (χ4v) is 5.08. The molecule has 0 spiro atoms. The Labute approximate surface area is 226 Å². The highest BCUT2D eigenvalue weighted by Gasteiger charge is 2.40. The van der Waals surface area contributed by atoms with Crippen LogP contribution in [0.1, 0.15) is 33.3 Å². The smallest absolute Gasteiger partial charge is 0.254 e. The Morgan fingerprint density at radius 1 is 1.10 bits per heavy atom. The molecule has 39 heavy (non-hydrogen) atoms. The third kappa shape index (κ3) is 4.59. The zero-order valence-electron chi connectivity index (χ0n) is 22.6. The van der Waals surface area contributed by atoms with Gasteiger partial charge in [-0.1, -0.05) is 18.2 Å². The maximum absolute atomic E-state index is 15.2. The summed E-state index contributed by atoms with van der Waals surface area (Å²) in [6.45, 7) is 8.57. The average Bonchev–Trinajstić information content (AvgIpc) is 3.33. The fraction of sp³-hybridized carbons (Fsp3) is 0.345. The van der Waals surface area contributed by atoms with Crippen molar-refractivity contribution in [2.45, 2.75) is 45.4 Å². The van der Waals surface area contributed by atoms with E-state index in [9.17, 15) is 10.1 Å². The van der Waals surface area contributed by atoms with E-state index in [0.717, 1.165) is 0 Å². The zero-order valence-corrected chi connectivity index (χ0v) is 22.6. The molecule has 5 rings (SSSR count). The second-order valence-electron chi connectivity index (χ2n) is 10.3. The van der Waals surface area contributed by atoms with Crippen molar-refractivity contribution in [1.82, 2.24) is 24.4 Å². The van der Waals surface area contributed by atoms with Gasteiger partial charge in [0.2, 0.25) is 0 Å². The van der Waals surface area contributed by atoms with E-state index in [0.29, 0.717) is 52.4 Å². The number of nitrogens with zero attached hydrogens (tertiary/aromatic N) is 7. The standard InChI is InChI=1S/C29H30FN7O2/c1-18-15-36(28(38)29(3,4)39-5)19(2)14-35(18)26-25-22(21-8-6-7-9-23(21)30)16-37(27(25)34-17-33-26)24-12-20(13-31)10-11-32-24/h6-12,16-19H,14-15H2,1-5H3/t18-,19+/m0/s1. The summed E-state index contributed by atoms with van der Waals surface area (Å²) in [5.74, 6) is 0.693. The Hall–Kier alpha value is -4.36. The van der Waals surface area contributed by atoms with Crippen LogP contribution in [-0.4, -0.2) is 68.2 Å². The van der Waals surface area contributed by atoms with Gasteiger partial charge < -0.3 is 14.5 Å². The number of anilines is 1. The number of nitriles is 1. The van der Waals surface area contributed by atoms with E-state index in [1.54, 1.807) is 61.1 Å². The first-order valence-corrected chi connectivity index (χ1v) is 12.8. The number of amides is 1. The Morgan fingerprint density at radius 3 is 2.59 bits per heavy atom. The van der Waals surface area contributed by atoms with E-state index in [1.807, 2.05) is 18.7 Å². The topological polar surface area (TPSA) is 100 Å². The number of halogens is 1. The molecule has 4 aromatic rings. The van der Waals surface area contributed by atoms with Gasteiger partial charge in [-0.05, 0) is 45.9 Å². The SMILES string of the molecule is COC(C)(C)C(=O)N1C[C@H](C)N(c2ncnc3c2c(-c2ccccc2F)cn3-c2cc(C#N)ccn2)C[C@H]1C. The van der Waals surface area contributed by atoms with E-state index < -0.39 is 5.60 Å². The maximum Gasteiger partial charge on any atom is 0.254 e. The fourth-order valence-electron chi connectivity index (χ4n) is 5.08. The lowest BCUT2D eigenvalue weighted by molar-refractivity contribution is -0.154. The van der Waals surface area contributed by atoms with Gasteiger partial charge in [0.15, 0.2) is 5.65 Å². The molecule has 1 amide bonds. The monoisotopic (exact) mass is 527 g/mol. The van der Waals surface area contributed by atoms with Gasteiger partial charge in [0.1, 0.15) is 29.4 Å².